The number of benzene rings is 2. The SMILES string of the molecule is C.COc1ccc2cc(Cc3c(=O)[nH]c(C)c4cc(OC)c(OC)cc34)cnc2c1. The predicted molar refractivity (Wildman–Crippen MR) is 120 cm³/mol. The van der Waals surface area contributed by atoms with Crippen LogP contribution in [0.4, 0.5) is 0 Å². The van der Waals surface area contributed by atoms with Crippen molar-refractivity contribution >= 4 is 21.7 Å². The zero-order valence-electron chi connectivity index (χ0n) is 16.8. The van der Waals surface area contributed by atoms with Gasteiger partial charge in [0.05, 0.1) is 26.8 Å². The van der Waals surface area contributed by atoms with Crippen molar-refractivity contribution < 1.29 is 14.2 Å². The third-order valence-electron chi connectivity index (χ3n) is 5.16. The van der Waals surface area contributed by atoms with Crippen LogP contribution in [-0.4, -0.2) is 31.3 Å². The number of nitrogens with one attached hydrogen (secondary N) is 1. The molecule has 156 valence electrons. The summed E-state index contributed by atoms with van der Waals surface area (Å²) in [5.74, 6) is 1.98. The molecule has 0 saturated carbocycles. The van der Waals surface area contributed by atoms with Crippen LogP contribution in [0, 0.1) is 6.92 Å². The molecule has 6 nitrogen and oxygen atoms in total. The fourth-order valence-electron chi connectivity index (χ4n) is 3.62. The summed E-state index contributed by atoms with van der Waals surface area (Å²) in [5, 5.41) is 2.77. The Morgan fingerprint density at radius 3 is 2.30 bits per heavy atom. The molecule has 0 aliphatic carbocycles. The van der Waals surface area contributed by atoms with Gasteiger partial charge in [0.2, 0.25) is 0 Å². The van der Waals surface area contributed by atoms with Crippen LogP contribution in [0.5, 0.6) is 17.2 Å². The van der Waals surface area contributed by atoms with Crippen molar-refractivity contribution in [1.29, 1.82) is 0 Å². The van der Waals surface area contributed by atoms with Gasteiger partial charge in [0, 0.05) is 40.7 Å². The number of nitrogens with zero attached hydrogens (tertiary/aromatic N) is 1. The van der Waals surface area contributed by atoms with E-state index in [9.17, 15) is 4.79 Å². The van der Waals surface area contributed by atoms with Gasteiger partial charge in [0.25, 0.3) is 5.56 Å². The Morgan fingerprint density at radius 1 is 0.933 bits per heavy atom. The number of ether oxygens (including phenoxy) is 3. The lowest BCUT2D eigenvalue weighted by Gasteiger charge is -2.13. The smallest absolute Gasteiger partial charge is 0.252 e. The lowest BCUT2D eigenvalue weighted by molar-refractivity contribution is 0.356. The van der Waals surface area contributed by atoms with E-state index < -0.39 is 0 Å². The Balaban J connectivity index is 0.00000256. The van der Waals surface area contributed by atoms with Crippen LogP contribution < -0.4 is 19.8 Å². The second-order valence-corrected chi connectivity index (χ2v) is 6.89. The number of fused-ring (bicyclic) bond motifs is 2. The first-order valence-corrected chi connectivity index (χ1v) is 9.24. The predicted octanol–water partition coefficient (Wildman–Crippen LogP) is 4.64. The highest BCUT2D eigenvalue weighted by molar-refractivity contribution is 5.90. The first-order valence-electron chi connectivity index (χ1n) is 9.24. The molecule has 0 unspecified atom stereocenters. The quantitative estimate of drug-likeness (QED) is 0.523. The maximum Gasteiger partial charge on any atom is 0.252 e. The summed E-state index contributed by atoms with van der Waals surface area (Å²) >= 11 is 0. The van der Waals surface area contributed by atoms with E-state index >= 15 is 0 Å². The molecule has 2 heterocycles. The number of hydrogen-bond acceptors (Lipinski definition) is 5. The summed E-state index contributed by atoms with van der Waals surface area (Å²) in [5.41, 5.74) is 3.15. The van der Waals surface area contributed by atoms with Gasteiger partial charge in [-0.1, -0.05) is 7.43 Å². The van der Waals surface area contributed by atoms with Gasteiger partial charge in [-0.3, -0.25) is 9.78 Å². The normalized spacial score (nSPS) is 10.7. The minimum Gasteiger partial charge on any atom is -0.497 e. The van der Waals surface area contributed by atoms with Gasteiger partial charge in [-0.25, -0.2) is 0 Å². The van der Waals surface area contributed by atoms with Gasteiger partial charge in [-0.05, 0) is 48.2 Å². The van der Waals surface area contributed by atoms with E-state index in [1.165, 1.54) is 0 Å². The Kier molecular flexibility index (Phi) is 5.96. The number of methoxy groups -OCH3 is 3. The molecule has 0 bridgehead atoms. The van der Waals surface area contributed by atoms with Gasteiger partial charge in [0.15, 0.2) is 11.5 Å². The van der Waals surface area contributed by atoms with Gasteiger partial charge in [0.1, 0.15) is 5.75 Å². The second-order valence-electron chi connectivity index (χ2n) is 6.89. The average molecular weight is 406 g/mol. The highest BCUT2D eigenvalue weighted by Gasteiger charge is 2.15. The van der Waals surface area contributed by atoms with Crippen LogP contribution in [0.3, 0.4) is 0 Å². The zero-order chi connectivity index (χ0) is 20.5. The minimum atomic E-state index is -0.114. The van der Waals surface area contributed by atoms with Crippen LogP contribution >= 0.6 is 0 Å². The Labute approximate surface area is 175 Å². The summed E-state index contributed by atoms with van der Waals surface area (Å²) in [4.78, 5) is 20.3. The fourth-order valence-corrected chi connectivity index (χ4v) is 3.62. The fraction of sp³-hybridized carbons (Fsp3) is 0.250. The number of aryl methyl sites for hydroxylation is 1. The van der Waals surface area contributed by atoms with E-state index in [1.54, 1.807) is 27.5 Å². The monoisotopic (exact) mass is 406 g/mol. The molecular weight excluding hydrogens is 380 g/mol. The van der Waals surface area contributed by atoms with Crippen LogP contribution in [0.1, 0.15) is 24.2 Å². The molecule has 1 N–H and O–H groups in total. The van der Waals surface area contributed by atoms with Crippen LogP contribution in [0.2, 0.25) is 0 Å². The molecule has 2 aromatic carbocycles. The van der Waals surface area contributed by atoms with Crippen molar-refractivity contribution in [2.75, 3.05) is 21.3 Å². The molecule has 4 aromatic rings. The van der Waals surface area contributed by atoms with E-state index in [1.807, 2.05) is 43.3 Å². The lowest BCUT2D eigenvalue weighted by Crippen LogP contribution is -2.15. The average Bonchev–Trinajstić information content (AvgIpc) is 2.75. The molecule has 0 atom stereocenters. The summed E-state index contributed by atoms with van der Waals surface area (Å²) in [6.07, 6.45) is 2.25. The van der Waals surface area contributed by atoms with Gasteiger partial charge < -0.3 is 19.2 Å². The number of rotatable bonds is 5. The van der Waals surface area contributed by atoms with Gasteiger partial charge in [-0.2, -0.15) is 0 Å². The standard InChI is InChI=1S/C23H22N2O4.CH4/c1-13-17-10-21(28-3)22(29-4)11-18(17)19(23(26)25-13)8-14-7-15-5-6-16(27-2)9-20(15)24-12-14;/h5-7,9-12H,8H2,1-4H3,(H,25,26);1H4. The summed E-state index contributed by atoms with van der Waals surface area (Å²) in [6, 6.07) is 11.6. The first kappa shape index (κ1) is 21.2. The Morgan fingerprint density at radius 2 is 1.63 bits per heavy atom. The van der Waals surface area contributed by atoms with Crippen molar-refractivity contribution in [1.82, 2.24) is 9.97 Å². The number of hydrogen-bond donors (Lipinski definition) is 1. The van der Waals surface area contributed by atoms with Crippen molar-refractivity contribution in [3.05, 3.63) is 69.8 Å². The first-order chi connectivity index (χ1) is 14.0. The molecule has 0 spiro atoms. The largest absolute Gasteiger partial charge is 0.497 e. The van der Waals surface area contributed by atoms with Crippen molar-refractivity contribution in [2.24, 2.45) is 0 Å². The van der Waals surface area contributed by atoms with Crippen molar-refractivity contribution in [2.45, 2.75) is 20.8 Å². The minimum absolute atomic E-state index is 0. The van der Waals surface area contributed by atoms with E-state index in [4.69, 9.17) is 14.2 Å². The molecule has 2 aromatic heterocycles. The molecular formula is C24H26N2O4. The molecule has 0 aliphatic heterocycles. The third kappa shape index (κ3) is 3.68. The maximum absolute atomic E-state index is 12.8. The molecule has 0 aliphatic rings. The molecule has 0 radical (unpaired) electrons. The molecule has 0 saturated heterocycles. The van der Waals surface area contributed by atoms with Crippen molar-refractivity contribution in [3.8, 4) is 17.2 Å². The highest BCUT2D eigenvalue weighted by Crippen LogP contribution is 2.34. The molecule has 30 heavy (non-hydrogen) atoms. The Hall–Kier alpha value is -3.54. The third-order valence-corrected chi connectivity index (χ3v) is 5.16. The van der Waals surface area contributed by atoms with E-state index in [2.05, 4.69) is 9.97 Å². The maximum atomic E-state index is 12.8. The van der Waals surface area contributed by atoms with E-state index in [0.29, 0.717) is 23.5 Å². The topological polar surface area (TPSA) is 73.4 Å². The summed E-state index contributed by atoms with van der Waals surface area (Å²) in [7, 11) is 4.82. The number of aromatic amines is 1. The van der Waals surface area contributed by atoms with Gasteiger partial charge >= 0.3 is 0 Å². The van der Waals surface area contributed by atoms with Crippen LogP contribution in [0.25, 0.3) is 21.7 Å². The molecule has 6 heteroatoms. The van der Waals surface area contributed by atoms with E-state index in [0.717, 1.165) is 38.7 Å². The van der Waals surface area contributed by atoms with Crippen LogP contribution in [-0.2, 0) is 6.42 Å². The number of H-pyrrole nitrogens is 1. The molecule has 0 fully saturated rings. The second kappa shape index (κ2) is 8.45. The van der Waals surface area contributed by atoms with Gasteiger partial charge in [-0.15, -0.1) is 0 Å². The summed E-state index contributed by atoms with van der Waals surface area (Å²) < 4.78 is 16.1. The molecule has 4 rings (SSSR count). The lowest BCUT2D eigenvalue weighted by atomic mass is 9.98. The number of pyridine rings is 2. The summed E-state index contributed by atoms with van der Waals surface area (Å²) in [6.45, 7) is 1.88. The zero-order valence-corrected chi connectivity index (χ0v) is 16.8. The molecule has 0 amide bonds. The van der Waals surface area contributed by atoms with Crippen LogP contribution in [0.15, 0.2) is 47.4 Å². The van der Waals surface area contributed by atoms with Crippen molar-refractivity contribution in [3.63, 3.8) is 0 Å². The number of aromatic nitrogens is 2. The highest BCUT2D eigenvalue weighted by atomic mass is 16.5. The van der Waals surface area contributed by atoms with E-state index in [-0.39, 0.29) is 13.0 Å². The Bertz CT molecular complexity index is 1280.